The molecule has 6 nitrogen and oxygen atoms in total. The van der Waals surface area contributed by atoms with Crippen molar-refractivity contribution in [3.63, 3.8) is 0 Å². The highest BCUT2D eigenvalue weighted by Gasteiger charge is 2.38. The van der Waals surface area contributed by atoms with Crippen LogP contribution in [0.1, 0.15) is 28.9 Å². The summed E-state index contributed by atoms with van der Waals surface area (Å²) in [6, 6.07) is 2.26. The van der Waals surface area contributed by atoms with Crippen molar-refractivity contribution in [1.82, 2.24) is 20.1 Å². The van der Waals surface area contributed by atoms with E-state index in [1.165, 1.54) is 18.5 Å². The van der Waals surface area contributed by atoms with Gasteiger partial charge >= 0.3 is 6.18 Å². The molecule has 0 aliphatic carbocycles. The molecule has 1 fully saturated rings. The van der Waals surface area contributed by atoms with Gasteiger partial charge in [0.05, 0.1) is 5.56 Å². The summed E-state index contributed by atoms with van der Waals surface area (Å²) in [5.74, 6) is -2.30. The number of carbonyl (C=O) groups is 2. The number of ketones is 1. The molecule has 2 aromatic rings. The summed E-state index contributed by atoms with van der Waals surface area (Å²) >= 11 is 0. The fourth-order valence-corrected chi connectivity index (χ4v) is 2.02. The van der Waals surface area contributed by atoms with E-state index in [2.05, 4.69) is 15.4 Å². The first-order chi connectivity index (χ1) is 11.8. The maximum atomic E-state index is 13.6. The van der Waals surface area contributed by atoms with Gasteiger partial charge in [-0.3, -0.25) is 9.59 Å². The SMILES string of the molecule is O=C(c1ccnc(C(F)(F)F)c1F)n1cccn1.O=C1CCNCC1. The van der Waals surface area contributed by atoms with Gasteiger partial charge in [-0.2, -0.15) is 18.3 Å². The van der Waals surface area contributed by atoms with Crippen LogP contribution in [0.5, 0.6) is 0 Å². The predicted octanol–water partition coefficient (Wildman–Crippen LogP) is 2.06. The van der Waals surface area contributed by atoms with Gasteiger partial charge in [-0.05, 0) is 12.1 Å². The lowest BCUT2D eigenvalue weighted by Gasteiger charge is -2.09. The van der Waals surface area contributed by atoms with Gasteiger partial charge in [-0.25, -0.2) is 14.1 Å². The third-order valence-electron chi connectivity index (χ3n) is 3.26. The van der Waals surface area contributed by atoms with Gasteiger partial charge in [-0.15, -0.1) is 0 Å². The monoisotopic (exact) mass is 358 g/mol. The van der Waals surface area contributed by atoms with Crippen molar-refractivity contribution in [2.75, 3.05) is 13.1 Å². The second-order valence-corrected chi connectivity index (χ2v) is 5.06. The normalized spacial score (nSPS) is 14.6. The molecule has 0 atom stereocenters. The largest absolute Gasteiger partial charge is 0.436 e. The molecule has 0 radical (unpaired) electrons. The second kappa shape index (κ2) is 7.97. The maximum Gasteiger partial charge on any atom is 0.436 e. The van der Waals surface area contributed by atoms with Crippen molar-refractivity contribution in [3.05, 3.63) is 47.8 Å². The third-order valence-corrected chi connectivity index (χ3v) is 3.26. The quantitative estimate of drug-likeness (QED) is 0.790. The molecule has 3 heterocycles. The average molecular weight is 358 g/mol. The molecular formula is C15H14F4N4O2. The van der Waals surface area contributed by atoms with Crippen molar-refractivity contribution in [2.45, 2.75) is 19.0 Å². The molecule has 0 bridgehead atoms. The number of halogens is 4. The third kappa shape index (κ3) is 4.92. The summed E-state index contributed by atoms with van der Waals surface area (Å²) in [5, 5.41) is 6.62. The predicted molar refractivity (Wildman–Crippen MR) is 78.3 cm³/mol. The molecule has 1 N–H and O–H groups in total. The van der Waals surface area contributed by atoms with E-state index in [0.717, 1.165) is 42.9 Å². The number of hydrogen-bond acceptors (Lipinski definition) is 5. The van der Waals surface area contributed by atoms with Crippen LogP contribution in [0.3, 0.4) is 0 Å². The molecule has 1 aliphatic rings. The highest BCUT2D eigenvalue weighted by molar-refractivity contribution is 5.95. The minimum atomic E-state index is -4.95. The number of carbonyl (C=O) groups excluding carboxylic acids is 2. The molecule has 25 heavy (non-hydrogen) atoms. The zero-order chi connectivity index (χ0) is 18.4. The number of nitrogens with zero attached hydrogens (tertiary/aromatic N) is 3. The van der Waals surface area contributed by atoms with E-state index in [1.54, 1.807) is 0 Å². The number of Topliss-reactive ketones (excluding diaryl/α,β-unsaturated/α-hetero) is 1. The summed E-state index contributed by atoms with van der Waals surface area (Å²) in [6.07, 6.45) is -0.301. The summed E-state index contributed by atoms with van der Waals surface area (Å²) in [7, 11) is 0. The molecule has 10 heteroatoms. The summed E-state index contributed by atoms with van der Waals surface area (Å²) in [6.45, 7) is 1.78. The number of piperidine rings is 1. The summed E-state index contributed by atoms with van der Waals surface area (Å²) < 4.78 is 51.5. The first kappa shape index (κ1) is 18.7. The van der Waals surface area contributed by atoms with Crippen LogP contribution in [0.4, 0.5) is 17.6 Å². The standard InChI is InChI=1S/C10H5F4N3O.C5H9NO/c11-7-6(9(18)17-5-1-3-16-17)2-4-15-8(7)10(12,13)14;7-5-1-3-6-4-2-5/h1-5H;6H,1-4H2. The molecular weight excluding hydrogens is 344 g/mol. The van der Waals surface area contributed by atoms with Gasteiger partial charge in [0.2, 0.25) is 0 Å². The fraction of sp³-hybridized carbons (Fsp3) is 0.333. The maximum absolute atomic E-state index is 13.6. The highest BCUT2D eigenvalue weighted by Crippen LogP contribution is 2.30. The van der Waals surface area contributed by atoms with Gasteiger partial charge in [0.15, 0.2) is 11.5 Å². The Morgan fingerprint density at radius 3 is 2.36 bits per heavy atom. The van der Waals surface area contributed by atoms with Crippen LogP contribution < -0.4 is 5.32 Å². The van der Waals surface area contributed by atoms with E-state index in [-0.39, 0.29) is 0 Å². The smallest absolute Gasteiger partial charge is 0.316 e. The topological polar surface area (TPSA) is 76.9 Å². The molecule has 0 aromatic carbocycles. The zero-order valence-electron chi connectivity index (χ0n) is 12.9. The molecule has 2 aromatic heterocycles. The molecule has 0 spiro atoms. The Kier molecular flexibility index (Phi) is 5.97. The summed E-state index contributed by atoms with van der Waals surface area (Å²) in [5.41, 5.74) is -2.46. The van der Waals surface area contributed by atoms with Crippen molar-refractivity contribution in [2.24, 2.45) is 0 Å². The number of hydrogen-bond donors (Lipinski definition) is 1. The van der Waals surface area contributed by atoms with Crippen LogP contribution in [-0.2, 0) is 11.0 Å². The number of aromatic nitrogens is 3. The molecule has 0 saturated carbocycles. The first-order valence-electron chi connectivity index (χ1n) is 7.29. The van der Waals surface area contributed by atoms with Crippen LogP contribution in [0, 0.1) is 5.82 Å². The van der Waals surface area contributed by atoms with Gasteiger partial charge in [0.1, 0.15) is 5.78 Å². The van der Waals surface area contributed by atoms with E-state index in [4.69, 9.17) is 0 Å². The number of alkyl halides is 3. The van der Waals surface area contributed by atoms with Crippen LogP contribution in [-0.4, -0.2) is 39.5 Å². The molecule has 1 aliphatic heterocycles. The number of pyridine rings is 1. The Morgan fingerprint density at radius 1 is 1.20 bits per heavy atom. The van der Waals surface area contributed by atoms with E-state index in [1.807, 2.05) is 0 Å². The molecule has 0 amide bonds. The minimum absolute atomic E-state index is 0.402. The Balaban J connectivity index is 0.000000269. The zero-order valence-corrected chi connectivity index (χ0v) is 12.9. The highest BCUT2D eigenvalue weighted by atomic mass is 19.4. The van der Waals surface area contributed by atoms with E-state index >= 15 is 0 Å². The van der Waals surface area contributed by atoms with Gasteiger partial charge in [-0.1, -0.05) is 0 Å². The van der Waals surface area contributed by atoms with Crippen molar-refractivity contribution in [3.8, 4) is 0 Å². The van der Waals surface area contributed by atoms with Crippen LogP contribution in [0.15, 0.2) is 30.7 Å². The lowest BCUT2D eigenvalue weighted by Crippen LogP contribution is -2.27. The van der Waals surface area contributed by atoms with E-state index < -0.39 is 29.2 Å². The Hall–Kier alpha value is -2.62. The van der Waals surface area contributed by atoms with Gasteiger partial charge in [0, 0.05) is 44.5 Å². The second-order valence-electron chi connectivity index (χ2n) is 5.06. The van der Waals surface area contributed by atoms with E-state index in [9.17, 15) is 27.2 Å². The Bertz CT molecular complexity index is 736. The van der Waals surface area contributed by atoms with Crippen LogP contribution >= 0.6 is 0 Å². The average Bonchev–Trinajstić information content (AvgIpc) is 3.09. The van der Waals surface area contributed by atoms with Gasteiger partial charge in [0.25, 0.3) is 5.91 Å². The lowest BCUT2D eigenvalue weighted by molar-refractivity contribution is -0.143. The number of rotatable bonds is 1. The first-order valence-corrected chi connectivity index (χ1v) is 7.29. The Labute approximate surface area is 139 Å². The van der Waals surface area contributed by atoms with E-state index in [0.29, 0.717) is 5.78 Å². The van der Waals surface area contributed by atoms with Gasteiger partial charge < -0.3 is 5.32 Å². The van der Waals surface area contributed by atoms with Crippen molar-refractivity contribution < 1.29 is 27.2 Å². The molecule has 0 unspecified atom stereocenters. The van der Waals surface area contributed by atoms with Crippen molar-refractivity contribution in [1.29, 1.82) is 0 Å². The number of nitrogens with one attached hydrogen (secondary N) is 1. The van der Waals surface area contributed by atoms with Crippen molar-refractivity contribution >= 4 is 11.7 Å². The Morgan fingerprint density at radius 2 is 1.88 bits per heavy atom. The van der Waals surface area contributed by atoms with Crippen LogP contribution in [0.25, 0.3) is 0 Å². The molecule has 134 valence electrons. The van der Waals surface area contributed by atoms with Crippen LogP contribution in [0.2, 0.25) is 0 Å². The molecule has 1 saturated heterocycles. The fourth-order valence-electron chi connectivity index (χ4n) is 2.02. The minimum Gasteiger partial charge on any atom is -0.316 e. The molecule has 3 rings (SSSR count). The summed E-state index contributed by atoms with van der Waals surface area (Å²) in [4.78, 5) is 25.0. The lowest BCUT2D eigenvalue weighted by atomic mass is 10.1.